The van der Waals surface area contributed by atoms with Gasteiger partial charge in [0, 0.05) is 25.8 Å². The second-order valence-electron chi connectivity index (χ2n) is 6.11. The van der Waals surface area contributed by atoms with E-state index in [1.807, 2.05) is 48.9 Å². The Kier molecular flexibility index (Phi) is 4.60. The maximum absolute atomic E-state index is 12.4. The topological polar surface area (TPSA) is 91.3 Å². The number of aryl methyl sites for hydroxylation is 2. The van der Waals surface area contributed by atoms with Crippen molar-refractivity contribution in [3.05, 3.63) is 41.7 Å². The molecule has 1 saturated heterocycles. The van der Waals surface area contributed by atoms with E-state index < -0.39 is 0 Å². The SMILES string of the molecule is CNC(=O)NC1CN(C(=O)Nc2ccccc2-n2nc(C)cc2C)C1. The molecule has 2 heterocycles. The van der Waals surface area contributed by atoms with Crippen LogP contribution in [0.15, 0.2) is 30.3 Å². The molecule has 0 atom stereocenters. The van der Waals surface area contributed by atoms with Crippen LogP contribution in [-0.2, 0) is 0 Å². The molecule has 8 nitrogen and oxygen atoms in total. The van der Waals surface area contributed by atoms with Gasteiger partial charge in [-0.25, -0.2) is 14.3 Å². The first-order valence-electron chi connectivity index (χ1n) is 8.15. The highest BCUT2D eigenvalue weighted by Gasteiger charge is 2.31. The van der Waals surface area contributed by atoms with Crippen molar-refractivity contribution < 1.29 is 9.59 Å². The number of urea groups is 2. The van der Waals surface area contributed by atoms with E-state index in [-0.39, 0.29) is 18.1 Å². The third kappa shape index (κ3) is 3.57. The summed E-state index contributed by atoms with van der Waals surface area (Å²) in [6, 6.07) is 9.10. The van der Waals surface area contributed by atoms with E-state index in [9.17, 15) is 9.59 Å². The van der Waals surface area contributed by atoms with Crippen molar-refractivity contribution in [2.24, 2.45) is 0 Å². The van der Waals surface area contributed by atoms with Crippen molar-refractivity contribution in [3.8, 4) is 5.69 Å². The summed E-state index contributed by atoms with van der Waals surface area (Å²) in [5.74, 6) is 0. The molecule has 2 aromatic rings. The molecule has 0 aliphatic carbocycles. The maximum atomic E-state index is 12.4. The Morgan fingerprint density at radius 2 is 1.92 bits per heavy atom. The van der Waals surface area contributed by atoms with Crippen LogP contribution in [0.3, 0.4) is 0 Å². The molecule has 8 heteroatoms. The summed E-state index contributed by atoms with van der Waals surface area (Å²) < 4.78 is 1.82. The molecule has 0 saturated carbocycles. The molecule has 0 bridgehead atoms. The van der Waals surface area contributed by atoms with E-state index in [1.54, 1.807) is 11.9 Å². The molecule has 25 heavy (non-hydrogen) atoms. The third-order valence-electron chi connectivity index (χ3n) is 4.11. The van der Waals surface area contributed by atoms with Crippen LogP contribution in [-0.4, -0.2) is 52.9 Å². The zero-order valence-corrected chi connectivity index (χ0v) is 14.5. The van der Waals surface area contributed by atoms with Gasteiger partial charge in [-0.3, -0.25) is 0 Å². The summed E-state index contributed by atoms with van der Waals surface area (Å²) >= 11 is 0. The smallest absolute Gasteiger partial charge is 0.322 e. The number of nitrogens with zero attached hydrogens (tertiary/aromatic N) is 3. The van der Waals surface area contributed by atoms with Crippen LogP contribution in [0.5, 0.6) is 0 Å². The average molecular weight is 342 g/mol. The van der Waals surface area contributed by atoms with E-state index in [0.717, 1.165) is 17.1 Å². The molecule has 0 spiro atoms. The summed E-state index contributed by atoms with van der Waals surface area (Å²) in [5, 5.41) is 12.7. The fraction of sp³-hybridized carbons (Fsp3) is 0.353. The number of benzene rings is 1. The van der Waals surface area contributed by atoms with E-state index in [0.29, 0.717) is 18.8 Å². The number of hydrogen-bond acceptors (Lipinski definition) is 3. The second kappa shape index (κ2) is 6.84. The number of nitrogens with one attached hydrogen (secondary N) is 3. The van der Waals surface area contributed by atoms with Crippen molar-refractivity contribution >= 4 is 17.7 Å². The van der Waals surface area contributed by atoms with Crippen molar-refractivity contribution in [1.29, 1.82) is 0 Å². The number of hydrogen-bond donors (Lipinski definition) is 3. The lowest BCUT2D eigenvalue weighted by Crippen LogP contribution is -2.62. The fourth-order valence-electron chi connectivity index (χ4n) is 2.82. The highest BCUT2D eigenvalue weighted by atomic mass is 16.2. The lowest BCUT2D eigenvalue weighted by molar-refractivity contribution is 0.150. The minimum absolute atomic E-state index is 0.0167. The van der Waals surface area contributed by atoms with Gasteiger partial charge < -0.3 is 20.9 Å². The van der Waals surface area contributed by atoms with E-state index in [2.05, 4.69) is 21.0 Å². The largest absolute Gasteiger partial charge is 0.341 e. The molecule has 1 fully saturated rings. The van der Waals surface area contributed by atoms with Gasteiger partial charge in [0.15, 0.2) is 0 Å². The Bertz CT molecular complexity index is 794. The first kappa shape index (κ1) is 16.8. The zero-order chi connectivity index (χ0) is 18.0. The van der Waals surface area contributed by atoms with Gasteiger partial charge in [0.2, 0.25) is 0 Å². The summed E-state index contributed by atoms with van der Waals surface area (Å²) in [7, 11) is 1.56. The van der Waals surface area contributed by atoms with Gasteiger partial charge in [-0.15, -0.1) is 0 Å². The summed E-state index contributed by atoms with van der Waals surface area (Å²) in [5.41, 5.74) is 3.44. The summed E-state index contributed by atoms with van der Waals surface area (Å²) in [6.07, 6.45) is 0. The predicted octanol–water partition coefficient (Wildman–Crippen LogP) is 1.63. The molecule has 0 radical (unpaired) electrons. The first-order valence-corrected chi connectivity index (χ1v) is 8.15. The molecule has 1 aromatic heterocycles. The number of likely N-dealkylation sites (tertiary alicyclic amines) is 1. The quantitative estimate of drug-likeness (QED) is 0.792. The minimum atomic E-state index is -0.236. The van der Waals surface area contributed by atoms with Crippen LogP contribution in [0.25, 0.3) is 5.69 Å². The van der Waals surface area contributed by atoms with E-state index in [4.69, 9.17) is 0 Å². The van der Waals surface area contributed by atoms with Gasteiger partial charge >= 0.3 is 12.1 Å². The molecule has 3 N–H and O–H groups in total. The Morgan fingerprint density at radius 3 is 2.56 bits per heavy atom. The molecule has 0 unspecified atom stereocenters. The molecule has 1 aliphatic rings. The molecule has 132 valence electrons. The van der Waals surface area contributed by atoms with Crippen LogP contribution < -0.4 is 16.0 Å². The second-order valence-corrected chi connectivity index (χ2v) is 6.11. The fourth-order valence-corrected chi connectivity index (χ4v) is 2.82. The Balaban J connectivity index is 1.67. The van der Waals surface area contributed by atoms with Gasteiger partial charge in [-0.2, -0.15) is 5.10 Å². The summed E-state index contributed by atoms with van der Waals surface area (Å²) in [4.78, 5) is 25.3. The van der Waals surface area contributed by atoms with Gasteiger partial charge in [-0.05, 0) is 32.0 Å². The number of carbonyl (C=O) groups excluding carboxylic acids is 2. The van der Waals surface area contributed by atoms with Gasteiger partial charge in [0.05, 0.1) is 23.1 Å². The van der Waals surface area contributed by atoms with Crippen molar-refractivity contribution in [2.75, 3.05) is 25.5 Å². The normalized spacial score (nSPS) is 14.0. The van der Waals surface area contributed by atoms with Crippen molar-refractivity contribution in [3.63, 3.8) is 0 Å². The molecule has 1 aromatic carbocycles. The molecule has 3 rings (SSSR count). The molecular formula is C17H22N6O2. The Morgan fingerprint density at radius 1 is 1.20 bits per heavy atom. The van der Waals surface area contributed by atoms with Crippen LogP contribution in [0.1, 0.15) is 11.4 Å². The highest BCUT2D eigenvalue weighted by molar-refractivity contribution is 5.92. The lowest BCUT2D eigenvalue weighted by Gasteiger charge is -2.39. The maximum Gasteiger partial charge on any atom is 0.322 e. The monoisotopic (exact) mass is 342 g/mol. The van der Waals surface area contributed by atoms with Crippen LogP contribution in [0, 0.1) is 13.8 Å². The number of para-hydroxylation sites is 2. The van der Waals surface area contributed by atoms with Crippen LogP contribution in [0.2, 0.25) is 0 Å². The van der Waals surface area contributed by atoms with E-state index in [1.165, 1.54) is 0 Å². The minimum Gasteiger partial charge on any atom is -0.341 e. The van der Waals surface area contributed by atoms with Gasteiger partial charge in [0.1, 0.15) is 0 Å². The van der Waals surface area contributed by atoms with E-state index >= 15 is 0 Å². The standard InChI is InChI=1S/C17H22N6O2/c1-11-8-12(2)23(21-11)15-7-5-4-6-14(15)20-17(25)22-9-13(10-22)19-16(24)18-3/h4-8,13H,9-10H2,1-3H3,(H,20,25)(H2,18,19,24). The molecule has 4 amide bonds. The number of amides is 4. The number of aromatic nitrogens is 2. The van der Waals surface area contributed by atoms with Crippen LogP contribution >= 0.6 is 0 Å². The van der Waals surface area contributed by atoms with Gasteiger partial charge in [-0.1, -0.05) is 12.1 Å². The van der Waals surface area contributed by atoms with Gasteiger partial charge in [0.25, 0.3) is 0 Å². The highest BCUT2D eigenvalue weighted by Crippen LogP contribution is 2.22. The Labute approximate surface area is 146 Å². The number of rotatable bonds is 3. The third-order valence-corrected chi connectivity index (χ3v) is 4.11. The van der Waals surface area contributed by atoms with Crippen molar-refractivity contribution in [1.82, 2.24) is 25.3 Å². The average Bonchev–Trinajstić information content (AvgIpc) is 2.88. The molecule has 1 aliphatic heterocycles. The summed E-state index contributed by atoms with van der Waals surface area (Å²) in [6.45, 7) is 4.88. The van der Waals surface area contributed by atoms with Crippen molar-refractivity contribution in [2.45, 2.75) is 19.9 Å². The zero-order valence-electron chi connectivity index (χ0n) is 14.5. The number of anilines is 1. The lowest BCUT2D eigenvalue weighted by atomic mass is 10.1. The first-order chi connectivity index (χ1) is 12.0. The number of carbonyl (C=O) groups is 2. The predicted molar refractivity (Wildman–Crippen MR) is 95.0 cm³/mol. The van der Waals surface area contributed by atoms with Crippen LogP contribution in [0.4, 0.5) is 15.3 Å². The Hall–Kier alpha value is -3.03. The molecular weight excluding hydrogens is 320 g/mol.